The number of amides is 1. The number of aromatic nitrogens is 5. The van der Waals surface area contributed by atoms with Gasteiger partial charge in [-0.3, -0.25) is 9.69 Å². The third-order valence-corrected chi connectivity index (χ3v) is 6.27. The number of tetrazole rings is 1. The van der Waals surface area contributed by atoms with Crippen LogP contribution in [0.15, 0.2) is 59.1 Å². The maximum Gasteiger partial charge on any atom is 0.243 e. The Morgan fingerprint density at radius 2 is 1.93 bits per heavy atom. The van der Waals surface area contributed by atoms with E-state index in [0.717, 1.165) is 22.5 Å². The number of carbonyl (C=O) groups excluding carboxylic acids is 1. The number of benzene rings is 2. The summed E-state index contributed by atoms with van der Waals surface area (Å²) >= 11 is 2.75. The molecule has 0 saturated carbocycles. The Bertz CT molecular complexity index is 1170. The molecule has 0 radical (unpaired) electrons. The fraction of sp³-hybridized carbons (Fsp3) is 0.190. The molecule has 0 aliphatic carbocycles. The van der Waals surface area contributed by atoms with Gasteiger partial charge < -0.3 is 0 Å². The highest BCUT2D eigenvalue weighted by atomic mass is 32.2. The molecule has 1 amide bonds. The Morgan fingerprint density at radius 3 is 2.63 bits per heavy atom. The number of carbonyl (C=O) groups is 1. The van der Waals surface area contributed by atoms with Gasteiger partial charge in [0.2, 0.25) is 11.1 Å². The number of nitrogens with zero attached hydrogens (tertiary/aromatic N) is 6. The topological polar surface area (TPSA) is 76.8 Å². The minimum Gasteiger partial charge on any atom is -0.273 e. The van der Waals surface area contributed by atoms with Crippen molar-refractivity contribution in [2.45, 2.75) is 19.0 Å². The van der Waals surface area contributed by atoms with E-state index in [1.807, 2.05) is 48.7 Å². The second-order valence-corrected chi connectivity index (χ2v) is 8.60. The lowest BCUT2D eigenvalue weighted by Gasteiger charge is -2.20. The first kappa shape index (κ1) is 20.2. The van der Waals surface area contributed by atoms with E-state index >= 15 is 0 Å². The second kappa shape index (κ2) is 8.76. The molecule has 152 valence electrons. The van der Waals surface area contributed by atoms with Gasteiger partial charge in [0.15, 0.2) is 5.13 Å². The van der Waals surface area contributed by atoms with E-state index < -0.39 is 0 Å². The van der Waals surface area contributed by atoms with Gasteiger partial charge in [0, 0.05) is 18.0 Å². The fourth-order valence-corrected chi connectivity index (χ4v) is 4.46. The highest BCUT2D eigenvalue weighted by Crippen LogP contribution is 2.33. The SMILES string of the molecule is Cc1ccc(-c2csc(N(C(=O)CSc3nnnn3C)c3cccc(C)c3)n2)cc1. The summed E-state index contributed by atoms with van der Waals surface area (Å²) in [6.45, 7) is 4.06. The van der Waals surface area contributed by atoms with Crippen molar-refractivity contribution in [1.82, 2.24) is 25.2 Å². The molecule has 0 aliphatic heterocycles. The molecule has 0 bridgehead atoms. The molecule has 0 aliphatic rings. The molecule has 0 spiro atoms. The normalized spacial score (nSPS) is 10.9. The van der Waals surface area contributed by atoms with Crippen LogP contribution in [-0.2, 0) is 11.8 Å². The van der Waals surface area contributed by atoms with E-state index in [2.05, 4.69) is 34.6 Å². The lowest BCUT2D eigenvalue weighted by Crippen LogP contribution is -2.27. The number of aryl methyl sites for hydroxylation is 3. The van der Waals surface area contributed by atoms with Crippen molar-refractivity contribution in [2.75, 3.05) is 10.7 Å². The summed E-state index contributed by atoms with van der Waals surface area (Å²) in [7, 11) is 1.75. The summed E-state index contributed by atoms with van der Waals surface area (Å²) in [6, 6.07) is 16.1. The molecule has 30 heavy (non-hydrogen) atoms. The van der Waals surface area contributed by atoms with Crippen LogP contribution in [0, 0.1) is 13.8 Å². The van der Waals surface area contributed by atoms with Gasteiger partial charge in [-0.1, -0.05) is 53.7 Å². The van der Waals surface area contributed by atoms with Crippen LogP contribution in [0.5, 0.6) is 0 Å². The smallest absolute Gasteiger partial charge is 0.243 e. The molecule has 0 atom stereocenters. The minimum atomic E-state index is -0.0848. The minimum absolute atomic E-state index is 0.0848. The summed E-state index contributed by atoms with van der Waals surface area (Å²) in [4.78, 5) is 19.7. The van der Waals surface area contributed by atoms with E-state index in [-0.39, 0.29) is 11.7 Å². The lowest BCUT2D eigenvalue weighted by atomic mass is 10.1. The van der Waals surface area contributed by atoms with Gasteiger partial charge in [0.05, 0.1) is 17.1 Å². The van der Waals surface area contributed by atoms with Crippen LogP contribution in [0.1, 0.15) is 11.1 Å². The maximum atomic E-state index is 13.2. The molecule has 0 saturated heterocycles. The van der Waals surface area contributed by atoms with Crippen molar-refractivity contribution < 1.29 is 4.79 Å². The average Bonchev–Trinajstić information content (AvgIpc) is 3.37. The monoisotopic (exact) mass is 436 g/mol. The Balaban J connectivity index is 1.64. The summed E-state index contributed by atoms with van der Waals surface area (Å²) in [5.41, 5.74) is 4.94. The summed E-state index contributed by atoms with van der Waals surface area (Å²) in [6.07, 6.45) is 0. The average molecular weight is 437 g/mol. The van der Waals surface area contributed by atoms with E-state index in [0.29, 0.717) is 10.3 Å². The van der Waals surface area contributed by atoms with Crippen LogP contribution in [0.3, 0.4) is 0 Å². The predicted molar refractivity (Wildman–Crippen MR) is 120 cm³/mol. The zero-order chi connectivity index (χ0) is 21.1. The fourth-order valence-electron chi connectivity index (χ4n) is 2.89. The Kier molecular flexibility index (Phi) is 5.91. The van der Waals surface area contributed by atoms with Gasteiger partial charge in [0.25, 0.3) is 0 Å². The van der Waals surface area contributed by atoms with Crippen LogP contribution in [0.2, 0.25) is 0 Å². The maximum absolute atomic E-state index is 13.2. The van der Waals surface area contributed by atoms with E-state index in [1.54, 1.807) is 16.6 Å². The Labute approximate surface area is 182 Å². The lowest BCUT2D eigenvalue weighted by molar-refractivity contribution is -0.115. The molecule has 4 aromatic rings. The molecule has 2 aromatic heterocycles. The second-order valence-electron chi connectivity index (χ2n) is 6.82. The highest BCUT2D eigenvalue weighted by Gasteiger charge is 2.22. The van der Waals surface area contributed by atoms with Crippen molar-refractivity contribution in [2.24, 2.45) is 7.05 Å². The van der Waals surface area contributed by atoms with Crippen LogP contribution in [0.25, 0.3) is 11.3 Å². The van der Waals surface area contributed by atoms with Gasteiger partial charge >= 0.3 is 0 Å². The zero-order valence-corrected chi connectivity index (χ0v) is 18.4. The largest absolute Gasteiger partial charge is 0.273 e. The van der Waals surface area contributed by atoms with Gasteiger partial charge in [-0.2, -0.15) is 0 Å². The quantitative estimate of drug-likeness (QED) is 0.417. The van der Waals surface area contributed by atoms with Crippen molar-refractivity contribution in [3.63, 3.8) is 0 Å². The number of rotatable bonds is 6. The van der Waals surface area contributed by atoms with Crippen LogP contribution >= 0.6 is 23.1 Å². The number of anilines is 2. The van der Waals surface area contributed by atoms with Gasteiger partial charge in [0.1, 0.15) is 0 Å². The van der Waals surface area contributed by atoms with E-state index in [9.17, 15) is 4.79 Å². The predicted octanol–water partition coefficient (Wildman–Crippen LogP) is 4.41. The number of hydrogen-bond acceptors (Lipinski definition) is 7. The summed E-state index contributed by atoms with van der Waals surface area (Å²) in [5.74, 6) is 0.111. The molecular formula is C21H20N6OS2. The summed E-state index contributed by atoms with van der Waals surface area (Å²) in [5, 5.41) is 14.6. The van der Waals surface area contributed by atoms with Crippen LogP contribution in [0.4, 0.5) is 10.8 Å². The van der Waals surface area contributed by atoms with Gasteiger partial charge in [-0.15, -0.1) is 16.4 Å². The van der Waals surface area contributed by atoms with Crippen molar-refractivity contribution >= 4 is 39.8 Å². The highest BCUT2D eigenvalue weighted by molar-refractivity contribution is 7.99. The number of thioether (sulfide) groups is 1. The molecule has 0 fully saturated rings. The number of hydrogen-bond donors (Lipinski definition) is 0. The Morgan fingerprint density at radius 1 is 1.13 bits per heavy atom. The molecule has 0 unspecified atom stereocenters. The first-order chi connectivity index (χ1) is 14.5. The van der Waals surface area contributed by atoms with E-state index in [1.165, 1.54) is 28.7 Å². The Hall–Kier alpha value is -3.04. The molecular weight excluding hydrogens is 416 g/mol. The third-order valence-electron chi connectivity index (χ3n) is 4.45. The number of thiazole rings is 1. The zero-order valence-electron chi connectivity index (χ0n) is 16.8. The van der Waals surface area contributed by atoms with Crippen molar-refractivity contribution in [3.8, 4) is 11.3 Å². The van der Waals surface area contributed by atoms with Crippen molar-refractivity contribution in [1.29, 1.82) is 0 Å². The summed E-state index contributed by atoms with van der Waals surface area (Å²) < 4.78 is 1.55. The molecule has 9 heteroatoms. The van der Waals surface area contributed by atoms with Gasteiger partial charge in [-0.25, -0.2) is 9.67 Å². The molecule has 2 heterocycles. The third kappa shape index (κ3) is 4.42. The first-order valence-electron chi connectivity index (χ1n) is 9.28. The van der Waals surface area contributed by atoms with Gasteiger partial charge in [-0.05, 0) is 42.0 Å². The molecule has 7 nitrogen and oxygen atoms in total. The standard InChI is InChI=1S/C21H20N6OS2/c1-14-7-9-16(10-8-14)18-12-29-20(22-18)27(17-6-4-5-15(2)11-17)19(28)13-30-21-23-24-25-26(21)3/h4-12H,13H2,1-3H3. The molecule has 0 N–H and O–H groups in total. The van der Waals surface area contributed by atoms with Crippen LogP contribution in [-0.4, -0.2) is 36.9 Å². The first-order valence-corrected chi connectivity index (χ1v) is 11.1. The van der Waals surface area contributed by atoms with Crippen molar-refractivity contribution in [3.05, 3.63) is 65.0 Å². The molecule has 4 rings (SSSR count). The molecule has 2 aromatic carbocycles. The van der Waals surface area contributed by atoms with Crippen LogP contribution < -0.4 is 4.90 Å². The van der Waals surface area contributed by atoms with E-state index in [4.69, 9.17) is 4.98 Å².